The average molecular weight is 416 g/mol. The fourth-order valence-corrected chi connectivity index (χ4v) is 4.32. The Morgan fingerprint density at radius 3 is 2.66 bits per heavy atom. The number of nitrogens with one attached hydrogen (secondary N) is 2. The first-order valence-electron chi connectivity index (χ1n) is 9.51. The number of rotatable bonds is 7. The topological polar surface area (TPSA) is 96.9 Å². The van der Waals surface area contributed by atoms with E-state index >= 15 is 0 Å². The van der Waals surface area contributed by atoms with E-state index in [-0.39, 0.29) is 22.6 Å². The van der Waals surface area contributed by atoms with E-state index in [4.69, 9.17) is 4.74 Å². The van der Waals surface area contributed by atoms with Crippen molar-refractivity contribution < 1.29 is 17.9 Å². The van der Waals surface area contributed by atoms with Crippen molar-refractivity contribution in [3.8, 4) is 5.75 Å². The van der Waals surface area contributed by atoms with Gasteiger partial charge in [0, 0.05) is 12.1 Å². The zero-order valence-corrected chi connectivity index (χ0v) is 17.5. The first kappa shape index (κ1) is 20.9. The molecule has 0 unspecified atom stereocenters. The molecule has 8 heteroatoms. The van der Waals surface area contributed by atoms with Gasteiger partial charge in [-0.3, -0.25) is 14.5 Å². The number of hydrogen-bond donors (Lipinski definition) is 2. The van der Waals surface area contributed by atoms with Crippen molar-refractivity contribution in [3.05, 3.63) is 59.7 Å². The summed E-state index contributed by atoms with van der Waals surface area (Å²) in [5.41, 5.74) is 1.39. The minimum Gasteiger partial charge on any atom is -0.494 e. The van der Waals surface area contributed by atoms with Gasteiger partial charge in [0.1, 0.15) is 17.6 Å². The smallest absolute Gasteiger partial charge is 0.263 e. The number of aliphatic imine (C=N–C) groups is 1. The normalized spacial score (nSPS) is 16.9. The van der Waals surface area contributed by atoms with E-state index in [0.717, 1.165) is 11.3 Å². The lowest BCUT2D eigenvalue weighted by molar-refractivity contribution is -0.123. The standard InChI is InChI=1S/C21H25N3O4S/c1-4-28-16-9-7-8-15(12-16)13-22-21(25)19(14(2)3)23-20-17-10-5-6-11-18(17)29(26,27)24-20/h5-12,14,19H,4,13H2,1-3H3,(H,22,25)(H,23,24)/t19-/m0/s1. The highest BCUT2D eigenvalue weighted by atomic mass is 32.2. The van der Waals surface area contributed by atoms with Crippen LogP contribution in [-0.4, -0.2) is 32.8 Å². The fraction of sp³-hybridized carbons (Fsp3) is 0.333. The van der Waals surface area contributed by atoms with Crippen LogP contribution in [0.3, 0.4) is 0 Å². The van der Waals surface area contributed by atoms with Crippen LogP contribution in [0.2, 0.25) is 0 Å². The maximum atomic E-state index is 12.8. The molecule has 0 bridgehead atoms. The highest BCUT2D eigenvalue weighted by Crippen LogP contribution is 2.23. The minimum atomic E-state index is -3.64. The van der Waals surface area contributed by atoms with E-state index in [9.17, 15) is 13.2 Å². The lowest BCUT2D eigenvalue weighted by Crippen LogP contribution is -2.38. The summed E-state index contributed by atoms with van der Waals surface area (Å²) >= 11 is 0. The van der Waals surface area contributed by atoms with Gasteiger partial charge in [-0.25, -0.2) is 8.42 Å². The molecule has 0 aromatic heterocycles. The number of amides is 1. The third kappa shape index (κ3) is 4.76. The Bertz CT molecular complexity index is 1030. The van der Waals surface area contributed by atoms with Crippen LogP contribution in [0.5, 0.6) is 5.75 Å². The Morgan fingerprint density at radius 2 is 1.93 bits per heavy atom. The maximum Gasteiger partial charge on any atom is 0.263 e. The molecule has 3 rings (SSSR count). The van der Waals surface area contributed by atoms with Gasteiger partial charge in [-0.2, -0.15) is 0 Å². The Morgan fingerprint density at radius 1 is 1.17 bits per heavy atom. The van der Waals surface area contributed by atoms with Crippen LogP contribution in [0.4, 0.5) is 0 Å². The quantitative estimate of drug-likeness (QED) is 0.726. The molecule has 2 N–H and O–H groups in total. The second-order valence-corrected chi connectivity index (χ2v) is 8.72. The molecule has 29 heavy (non-hydrogen) atoms. The van der Waals surface area contributed by atoms with Crippen molar-refractivity contribution in [3.63, 3.8) is 0 Å². The summed E-state index contributed by atoms with van der Waals surface area (Å²) in [6.07, 6.45) is 0. The SMILES string of the molecule is CCOc1cccc(CNC(=O)[C@@H](N=C2NS(=O)(=O)c3ccccc32)C(C)C)c1. The second-order valence-electron chi connectivity index (χ2n) is 7.07. The van der Waals surface area contributed by atoms with Gasteiger partial charge in [-0.1, -0.05) is 38.1 Å². The van der Waals surface area contributed by atoms with Gasteiger partial charge >= 0.3 is 0 Å². The molecule has 154 valence electrons. The molecule has 1 aliphatic rings. The van der Waals surface area contributed by atoms with Gasteiger partial charge in [0.15, 0.2) is 0 Å². The van der Waals surface area contributed by atoms with Gasteiger partial charge in [0.05, 0.1) is 11.5 Å². The predicted molar refractivity (Wildman–Crippen MR) is 111 cm³/mol. The molecule has 2 aromatic carbocycles. The molecule has 1 heterocycles. The summed E-state index contributed by atoms with van der Waals surface area (Å²) in [4.78, 5) is 17.4. The van der Waals surface area contributed by atoms with E-state index in [1.54, 1.807) is 18.2 Å². The van der Waals surface area contributed by atoms with Gasteiger partial charge in [0.25, 0.3) is 10.0 Å². The molecule has 1 atom stereocenters. The highest BCUT2D eigenvalue weighted by molar-refractivity contribution is 7.90. The molecule has 0 radical (unpaired) electrons. The Kier molecular flexibility index (Phi) is 6.22. The van der Waals surface area contributed by atoms with Crippen molar-refractivity contribution in [2.75, 3.05) is 6.61 Å². The van der Waals surface area contributed by atoms with Crippen LogP contribution in [0.1, 0.15) is 31.9 Å². The second kappa shape index (κ2) is 8.65. The van der Waals surface area contributed by atoms with E-state index in [0.29, 0.717) is 18.7 Å². The number of carbonyl (C=O) groups is 1. The fourth-order valence-electron chi connectivity index (χ4n) is 3.08. The van der Waals surface area contributed by atoms with E-state index in [1.807, 2.05) is 45.0 Å². The molecule has 1 amide bonds. The number of benzene rings is 2. The third-order valence-electron chi connectivity index (χ3n) is 4.51. The van der Waals surface area contributed by atoms with Crippen LogP contribution >= 0.6 is 0 Å². The molecule has 1 aliphatic heterocycles. The Hall–Kier alpha value is -2.87. The van der Waals surface area contributed by atoms with Gasteiger partial charge in [-0.05, 0) is 42.7 Å². The summed E-state index contributed by atoms with van der Waals surface area (Å²) in [5.74, 6) is 0.567. The first-order chi connectivity index (χ1) is 13.8. The summed E-state index contributed by atoms with van der Waals surface area (Å²) in [6, 6.07) is 13.4. The largest absolute Gasteiger partial charge is 0.494 e. The number of sulfonamides is 1. The van der Waals surface area contributed by atoms with E-state index in [1.165, 1.54) is 6.07 Å². The van der Waals surface area contributed by atoms with Crippen LogP contribution in [0.15, 0.2) is 58.4 Å². The van der Waals surface area contributed by atoms with Gasteiger partial charge in [0.2, 0.25) is 5.91 Å². The molecule has 0 aliphatic carbocycles. The molecular formula is C21H25N3O4S. The van der Waals surface area contributed by atoms with Crippen molar-refractivity contribution in [1.29, 1.82) is 0 Å². The van der Waals surface area contributed by atoms with Gasteiger partial charge in [-0.15, -0.1) is 0 Å². The van der Waals surface area contributed by atoms with Crippen molar-refractivity contribution in [2.24, 2.45) is 10.9 Å². The number of carbonyl (C=O) groups excluding carboxylic acids is 1. The molecule has 0 saturated heterocycles. The van der Waals surface area contributed by atoms with E-state index in [2.05, 4.69) is 15.0 Å². The average Bonchev–Trinajstić information content (AvgIpc) is 2.95. The monoisotopic (exact) mass is 415 g/mol. The Balaban J connectivity index is 1.78. The zero-order chi connectivity index (χ0) is 21.0. The number of ether oxygens (including phenoxy) is 1. The number of hydrogen-bond acceptors (Lipinski definition) is 5. The lowest BCUT2D eigenvalue weighted by Gasteiger charge is -2.17. The maximum absolute atomic E-state index is 12.8. The number of nitrogens with zero attached hydrogens (tertiary/aromatic N) is 1. The molecule has 0 fully saturated rings. The summed E-state index contributed by atoms with van der Waals surface area (Å²) in [6.45, 7) is 6.56. The summed E-state index contributed by atoms with van der Waals surface area (Å²) in [7, 11) is -3.64. The predicted octanol–water partition coefficient (Wildman–Crippen LogP) is 2.46. The summed E-state index contributed by atoms with van der Waals surface area (Å²) in [5, 5.41) is 2.89. The van der Waals surface area contributed by atoms with Crippen LogP contribution in [0.25, 0.3) is 0 Å². The third-order valence-corrected chi connectivity index (χ3v) is 5.90. The Labute approximate surface area is 171 Å². The highest BCUT2D eigenvalue weighted by Gasteiger charge is 2.32. The molecular weight excluding hydrogens is 390 g/mol. The number of fused-ring (bicyclic) bond motifs is 1. The summed E-state index contributed by atoms with van der Waals surface area (Å²) < 4.78 is 32.5. The van der Waals surface area contributed by atoms with Crippen molar-refractivity contribution in [1.82, 2.24) is 10.0 Å². The van der Waals surface area contributed by atoms with Crippen molar-refractivity contribution >= 4 is 21.8 Å². The molecule has 0 spiro atoms. The first-order valence-corrected chi connectivity index (χ1v) is 11.0. The molecule has 0 saturated carbocycles. The lowest BCUT2D eigenvalue weighted by atomic mass is 10.0. The van der Waals surface area contributed by atoms with Gasteiger partial charge < -0.3 is 10.1 Å². The minimum absolute atomic E-state index is 0.116. The molecule has 7 nitrogen and oxygen atoms in total. The van der Waals surface area contributed by atoms with Crippen LogP contribution < -0.4 is 14.8 Å². The van der Waals surface area contributed by atoms with Crippen molar-refractivity contribution in [2.45, 2.75) is 38.3 Å². The zero-order valence-electron chi connectivity index (χ0n) is 16.7. The number of amidine groups is 1. The van der Waals surface area contributed by atoms with Crippen LogP contribution in [-0.2, 0) is 21.4 Å². The molecule has 2 aromatic rings. The van der Waals surface area contributed by atoms with E-state index < -0.39 is 16.1 Å². The van der Waals surface area contributed by atoms with Crippen LogP contribution in [0, 0.1) is 5.92 Å².